The third kappa shape index (κ3) is 2.82. The molecule has 0 aliphatic carbocycles. The number of hydrogen-bond acceptors (Lipinski definition) is 4. The zero-order chi connectivity index (χ0) is 20.1. The van der Waals surface area contributed by atoms with Crippen LogP contribution in [-0.4, -0.2) is 38.2 Å². The van der Waals surface area contributed by atoms with Crippen LogP contribution in [-0.2, 0) is 13.6 Å². The molecule has 0 amide bonds. The van der Waals surface area contributed by atoms with E-state index in [2.05, 4.69) is 49.1 Å². The number of aryl methyl sites for hydroxylation is 2. The monoisotopic (exact) mass is 387 g/mol. The third-order valence-electron chi connectivity index (χ3n) is 6.11. The summed E-state index contributed by atoms with van der Waals surface area (Å²) in [6.45, 7) is 6.52. The van der Waals surface area contributed by atoms with E-state index in [0.29, 0.717) is 6.54 Å². The van der Waals surface area contributed by atoms with Crippen molar-refractivity contribution in [3.8, 4) is 0 Å². The maximum absolute atomic E-state index is 12.9. The van der Waals surface area contributed by atoms with Gasteiger partial charge in [-0.2, -0.15) is 5.10 Å². The molecule has 148 valence electrons. The molecule has 6 heteroatoms. The summed E-state index contributed by atoms with van der Waals surface area (Å²) in [6, 6.07) is 16.7. The predicted octanol–water partition coefficient (Wildman–Crippen LogP) is 2.86. The highest BCUT2D eigenvalue weighted by molar-refractivity contribution is 6.02. The highest BCUT2D eigenvalue weighted by Crippen LogP contribution is 2.43. The molecule has 2 unspecified atom stereocenters. The molecule has 2 aromatic carbocycles. The number of nitrogens with zero attached hydrogens (tertiary/aromatic N) is 5. The van der Waals surface area contributed by atoms with Crippen LogP contribution < -0.4 is 5.69 Å². The van der Waals surface area contributed by atoms with E-state index in [1.165, 1.54) is 21.4 Å². The van der Waals surface area contributed by atoms with Gasteiger partial charge in [0.2, 0.25) is 0 Å². The van der Waals surface area contributed by atoms with Crippen LogP contribution in [0.5, 0.6) is 0 Å². The molecule has 0 saturated carbocycles. The minimum Gasteiger partial charge on any atom is -0.344 e. The van der Waals surface area contributed by atoms with Crippen LogP contribution >= 0.6 is 0 Å². The average molecular weight is 387 g/mol. The Bertz CT molecular complexity index is 1160. The van der Waals surface area contributed by atoms with Crippen LogP contribution in [0.3, 0.4) is 0 Å². The zero-order valence-electron chi connectivity index (χ0n) is 17.0. The van der Waals surface area contributed by atoms with Crippen molar-refractivity contribution in [3.05, 3.63) is 87.1 Å². The van der Waals surface area contributed by atoms with Gasteiger partial charge in [0.05, 0.1) is 19.1 Å². The lowest BCUT2D eigenvalue weighted by molar-refractivity contribution is 0.273. The number of fused-ring (bicyclic) bond motifs is 3. The predicted molar refractivity (Wildman–Crippen MR) is 113 cm³/mol. The molecule has 0 spiro atoms. The topological polar surface area (TPSA) is 55.4 Å². The van der Waals surface area contributed by atoms with E-state index in [0.717, 1.165) is 30.3 Å². The first-order valence-corrected chi connectivity index (χ1v) is 10.1. The summed E-state index contributed by atoms with van der Waals surface area (Å²) in [4.78, 5) is 20.1. The minimum atomic E-state index is -0.0798. The van der Waals surface area contributed by atoms with Crippen molar-refractivity contribution in [2.45, 2.75) is 32.4 Å². The number of aliphatic imine (C=N–C) groups is 1. The van der Waals surface area contributed by atoms with Crippen molar-refractivity contribution in [1.82, 2.24) is 19.2 Å². The van der Waals surface area contributed by atoms with Crippen LogP contribution in [0.25, 0.3) is 0 Å². The van der Waals surface area contributed by atoms with Crippen LogP contribution in [0.1, 0.15) is 47.0 Å². The summed E-state index contributed by atoms with van der Waals surface area (Å²) >= 11 is 0. The highest BCUT2D eigenvalue weighted by Gasteiger charge is 2.41. The molecular formula is C23H25N5O. The standard InChI is InChI=1S/C23H25N5O/c1-15-9-10-18-19(13-15)16(2)20(27-12-11-24-21(18)27)22-25-26(3)23(29)28(22)14-17-7-5-4-6-8-17/h4-10,13,16,20H,11-12,14H2,1-3H3. The van der Waals surface area contributed by atoms with Gasteiger partial charge in [0, 0.05) is 25.1 Å². The summed E-state index contributed by atoms with van der Waals surface area (Å²) in [6.07, 6.45) is 0. The zero-order valence-corrected chi connectivity index (χ0v) is 17.0. The Morgan fingerprint density at radius 2 is 1.93 bits per heavy atom. The van der Waals surface area contributed by atoms with Gasteiger partial charge in [-0.15, -0.1) is 0 Å². The van der Waals surface area contributed by atoms with Crippen molar-refractivity contribution < 1.29 is 0 Å². The summed E-state index contributed by atoms with van der Waals surface area (Å²) in [5, 5.41) is 4.71. The first-order chi connectivity index (χ1) is 14.0. The quantitative estimate of drug-likeness (QED) is 0.694. The van der Waals surface area contributed by atoms with E-state index in [1.807, 2.05) is 22.8 Å². The molecule has 6 nitrogen and oxygen atoms in total. The van der Waals surface area contributed by atoms with Crippen molar-refractivity contribution in [3.63, 3.8) is 0 Å². The van der Waals surface area contributed by atoms with Gasteiger partial charge in [0.25, 0.3) is 0 Å². The summed E-state index contributed by atoms with van der Waals surface area (Å²) < 4.78 is 3.29. The molecule has 3 heterocycles. The fourth-order valence-corrected chi connectivity index (χ4v) is 4.69. The maximum atomic E-state index is 12.9. The summed E-state index contributed by atoms with van der Waals surface area (Å²) in [5.74, 6) is 2.06. The Morgan fingerprint density at radius 3 is 2.72 bits per heavy atom. The lowest BCUT2D eigenvalue weighted by Gasteiger charge is -2.40. The summed E-state index contributed by atoms with van der Waals surface area (Å²) in [5.41, 5.74) is 4.76. The first-order valence-electron chi connectivity index (χ1n) is 10.1. The van der Waals surface area contributed by atoms with Crippen LogP contribution in [0.2, 0.25) is 0 Å². The second-order valence-corrected chi connectivity index (χ2v) is 8.06. The number of hydrogen-bond donors (Lipinski definition) is 0. The second kappa shape index (κ2) is 6.72. The van der Waals surface area contributed by atoms with Crippen LogP contribution in [0, 0.1) is 6.92 Å². The molecule has 0 saturated heterocycles. The molecule has 0 N–H and O–H groups in total. The Kier molecular flexibility index (Phi) is 4.15. The SMILES string of the molecule is Cc1ccc2c(c1)C(C)C(c1nn(C)c(=O)n1Cc1ccccc1)N1CCN=C21. The van der Waals surface area contributed by atoms with Gasteiger partial charge < -0.3 is 4.90 Å². The smallest absolute Gasteiger partial charge is 0.344 e. The maximum Gasteiger partial charge on any atom is 0.346 e. The Morgan fingerprint density at radius 1 is 1.14 bits per heavy atom. The number of amidine groups is 1. The number of rotatable bonds is 3. The number of benzene rings is 2. The fraction of sp³-hybridized carbons (Fsp3) is 0.348. The van der Waals surface area contributed by atoms with Crippen LogP contribution in [0.4, 0.5) is 0 Å². The van der Waals surface area contributed by atoms with Crippen molar-refractivity contribution in [1.29, 1.82) is 0 Å². The van der Waals surface area contributed by atoms with Gasteiger partial charge in [-0.3, -0.25) is 9.56 Å². The number of aromatic nitrogens is 3. The average Bonchev–Trinajstić information content (AvgIpc) is 3.30. The van der Waals surface area contributed by atoms with Gasteiger partial charge in [-0.1, -0.05) is 61.0 Å². The van der Waals surface area contributed by atoms with Gasteiger partial charge in [-0.25, -0.2) is 9.48 Å². The third-order valence-corrected chi connectivity index (χ3v) is 6.11. The Labute approximate surface area is 170 Å². The normalized spacial score (nSPS) is 20.4. The highest BCUT2D eigenvalue weighted by atomic mass is 16.2. The molecule has 2 aliphatic heterocycles. The molecule has 5 rings (SSSR count). The molecule has 3 aromatic rings. The largest absolute Gasteiger partial charge is 0.346 e. The van der Waals surface area contributed by atoms with E-state index in [1.54, 1.807) is 7.05 Å². The first kappa shape index (κ1) is 17.9. The molecule has 1 aromatic heterocycles. The lowest BCUT2D eigenvalue weighted by atomic mass is 9.83. The molecular weight excluding hydrogens is 362 g/mol. The Balaban J connectivity index is 1.65. The molecule has 0 bridgehead atoms. The molecule has 0 fully saturated rings. The van der Waals surface area contributed by atoms with Crippen molar-refractivity contribution in [2.24, 2.45) is 12.0 Å². The van der Waals surface area contributed by atoms with Crippen molar-refractivity contribution in [2.75, 3.05) is 13.1 Å². The van der Waals surface area contributed by atoms with Crippen LogP contribution in [0.15, 0.2) is 58.3 Å². The summed E-state index contributed by atoms with van der Waals surface area (Å²) in [7, 11) is 1.73. The van der Waals surface area contributed by atoms with E-state index in [4.69, 9.17) is 10.1 Å². The van der Waals surface area contributed by atoms with E-state index in [-0.39, 0.29) is 17.6 Å². The van der Waals surface area contributed by atoms with E-state index >= 15 is 0 Å². The lowest BCUT2D eigenvalue weighted by Crippen LogP contribution is -2.42. The fourth-order valence-electron chi connectivity index (χ4n) is 4.69. The van der Waals surface area contributed by atoms with E-state index in [9.17, 15) is 4.79 Å². The van der Waals surface area contributed by atoms with E-state index < -0.39 is 0 Å². The molecule has 2 aliphatic rings. The second-order valence-electron chi connectivity index (χ2n) is 8.06. The van der Waals surface area contributed by atoms with Gasteiger partial charge in [0.1, 0.15) is 5.84 Å². The van der Waals surface area contributed by atoms with Crippen molar-refractivity contribution >= 4 is 5.84 Å². The minimum absolute atomic E-state index is 0.0110. The van der Waals surface area contributed by atoms with Gasteiger partial charge in [0.15, 0.2) is 5.82 Å². The van der Waals surface area contributed by atoms with Gasteiger partial charge in [-0.05, 0) is 18.1 Å². The van der Waals surface area contributed by atoms with Gasteiger partial charge >= 0.3 is 5.69 Å². The molecule has 2 atom stereocenters. The molecule has 0 radical (unpaired) electrons. The Hall–Kier alpha value is -3.15. The molecule has 29 heavy (non-hydrogen) atoms.